The second-order valence-electron chi connectivity index (χ2n) is 8.23. The maximum Gasteiger partial charge on any atom is 0.243 e. The van der Waals surface area contributed by atoms with E-state index in [0.717, 1.165) is 35.3 Å². The molecule has 0 radical (unpaired) electrons. The average Bonchev–Trinajstić information content (AvgIpc) is 3.36. The minimum atomic E-state index is -3.56. The van der Waals surface area contributed by atoms with Crippen molar-refractivity contribution in [2.45, 2.75) is 37.1 Å². The van der Waals surface area contributed by atoms with Crippen molar-refractivity contribution < 1.29 is 13.2 Å². The Kier molecular flexibility index (Phi) is 7.60. The van der Waals surface area contributed by atoms with Gasteiger partial charge < -0.3 is 5.32 Å². The fourth-order valence-corrected chi connectivity index (χ4v) is 6.39. The summed E-state index contributed by atoms with van der Waals surface area (Å²) in [6, 6.07) is 18.9. The fraction of sp³-hybridized carbons (Fsp3) is 0.320. The Labute approximate surface area is 199 Å². The first kappa shape index (κ1) is 23.6. The summed E-state index contributed by atoms with van der Waals surface area (Å²) in [5.74, 6) is -0.219. The molecule has 1 fully saturated rings. The number of carbonyl (C=O) groups is 1. The molecule has 0 spiro atoms. The van der Waals surface area contributed by atoms with Gasteiger partial charge in [-0.1, -0.05) is 48.9 Å². The van der Waals surface area contributed by atoms with Gasteiger partial charge in [-0.05, 0) is 54.5 Å². The van der Waals surface area contributed by atoms with Crippen LogP contribution < -0.4 is 10.6 Å². The monoisotopic (exact) mass is 483 g/mol. The molecule has 3 aromatic rings. The third-order valence-corrected chi connectivity index (χ3v) is 8.70. The van der Waals surface area contributed by atoms with Gasteiger partial charge in [0.05, 0.1) is 17.5 Å². The number of aryl methyl sites for hydroxylation is 1. The lowest BCUT2D eigenvalue weighted by Crippen LogP contribution is -2.35. The molecule has 0 saturated carbocycles. The van der Waals surface area contributed by atoms with Crippen molar-refractivity contribution in [1.82, 2.24) is 9.62 Å². The molecule has 1 aliphatic heterocycles. The molecule has 6 nitrogen and oxygen atoms in total. The van der Waals surface area contributed by atoms with E-state index >= 15 is 0 Å². The number of piperidine rings is 1. The number of hydrogen-bond donors (Lipinski definition) is 2. The number of sulfonamides is 1. The zero-order chi connectivity index (χ0) is 23.3. The second-order valence-corrected chi connectivity index (χ2v) is 11.1. The van der Waals surface area contributed by atoms with E-state index in [1.54, 1.807) is 33.8 Å². The molecule has 1 amide bonds. The minimum absolute atomic E-state index is 0.0936. The van der Waals surface area contributed by atoms with E-state index in [2.05, 4.69) is 10.6 Å². The lowest BCUT2D eigenvalue weighted by atomic mass is 10.1. The van der Waals surface area contributed by atoms with Crippen LogP contribution >= 0.6 is 11.3 Å². The van der Waals surface area contributed by atoms with Crippen LogP contribution in [0.25, 0.3) is 0 Å². The van der Waals surface area contributed by atoms with E-state index in [1.165, 1.54) is 0 Å². The van der Waals surface area contributed by atoms with Crippen LogP contribution in [0.3, 0.4) is 0 Å². The van der Waals surface area contributed by atoms with Gasteiger partial charge in [-0.2, -0.15) is 4.31 Å². The largest absolute Gasteiger partial charge is 0.325 e. The van der Waals surface area contributed by atoms with Gasteiger partial charge in [-0.25, -0.2) is 8.42 Å². The summed E-state index contributed by atoms with van der Waals surface area (Å²) in [6.45, 7) is 3.05. The van der Waals surface area contributed by atoms with Crippen LogP contribution in [0.2, 0.25) is 0 Å². The van der Waals surface area contributed by atoms with Crippen molar-refractivity contribution in [3.05, 3.63) is 82.0 Å². The van der Waals surface area contributed by atoms with Gasteiger partial charge in [0, 0.05) is 23.7 Å². The van der Waals surface area contributed by atoms with Crippen molar-refractivity contribution in [3.8, 4) is 0 Å². The topological polar surface area (TPSA) is 78.5 Å². The Morgan fingerprint density at radius 2 is 1.79 bits per heavy atom. The van der Waals surface area contributed by atoms with Crippen LogP contribution in [-0.4, -0.2) is 38.3 Å². The van der Waals surface area contributed by atoms with Gasteiger partial charge >= 0.3 is 0 Å². The molecule has 1 aromatic heterocycles. The van der Waals surface area contributed by atoms with Crippen LogP contribution in [0.4, 0.5) is 5.69 Å². The SMILES string of the molecule is Cc1ccc(S(=O)(=O)N2CCCCC2)cc1NC(=O)CNC(c1ccccc1)c1cccs1. The Morgan fingerprint density at radius 3 is 2.48 bits per heavy atom. The standard InChI is InChI=1S/C25H29N3O3S2/c1-19-12-13-21(33(30,31)28-14-6-3-7-15-28)17-22(19)27-24(29)18-26-25(23-11-8-16-32-23)20-9-4-2-5-10-20/h2,4-5,8-13,16-17,25-26H,3,6-7,14-15,18H2,1H3,(H,27,29). The molecule has 1 atom stereocenters. The van der Waals surface area contributed by atoms with Crippen LogP contribution in [0.1, 0.15) is 41.3 Å². The Balaban J connectivity index is 1.46. The van der Waals surface area contributed by atoms with E-state index in [9.17, 15) is 13.2 Å². The highest BCUT2D eigenvalue weighted by atomic mass is 32.2. The minimum Gasteiger partial charge on any atom is -0.325 e. The number of carbonyl (C=O) groups excluding carboxylic acids is 1. The lowest BCUT2D eigenvalue weighted by molar-refractivity contribution is -0.115. The zero-order valence-corrected chi connectivity index (χ0v) is 20.3. The summed E-state index contributed by atoms with van der Waals surface area (Å²) >= 11 is 1.64. The van der Waals surface area contributed by atoms with E-state index in [1.807, 2.05) is 54.8 Å². The number of thiophene rings is 1. The van der Waals surface area contributed by atoms with Gasteiger partial charge in [0.25, 0.3) is 0 Å². The second kappa shape index (κ2) is 10.6. The maximum absolute atomic E-state index is 13.0. The quantitative estimate of drug-likeness (QED) is 0.493. The van der Waals surface area contributed by atoms with Crippen molar-refractivity contribution in [3.63, 3.8) is 0 Å². The molecule has 2 aromatic carbocycles. The Morgan fingerprint density at radius 1 is 1.03 bits per heavy atom. The molecular formula is C25H29N3O3S2. The van der Waals surface area contributed by atoms with Crippen LogP contribution in [0.15, 0.2) is 70.9 Å². The molecule has 0 aliphatic carbocycles. The van der Waals surface area contributed by atoms with Crippen molar-refractivity contribution in [2.75, 3.05) is 25.0 Å². The van der Waals surface area contributed by atoms with Gasteiger partial charge in [0.2, 0.25) is 15.9 Å². The number of nitrogens with one attached hydrogen (secondary N) is 2. The normalized spacial score (nSPS) is 15.8. The average molecular weight is 484 g/mol. The molecule has 33 heavy (non-hydrogen) atoms. The molecule has 2 heterocycles. The number of hydrogen-bond acceptors (Lipinski definition) is 5. The summed E-state index contributed by atoms with van der Waals surface area (Å²) in [5, 5.41) is 8.26. The summed E-state index contributed by atoms with van der Waals surface area (Å²) in [7, 11) is -3.56. The predicted octanol–water partition coefficient (Wildman–Crippen LogP) is 4.55. The van der Waals surface area contributed by atoms with E-state index in [4.69, 9.17) is 0 Å². The fourth-order valence-electron chi connectivity index (χ4n) is 4.02. The number of amides is 1. The third-order valence-electron chi connectivity index (χ3n) is 5.86. The number of nitrogens with zero attached hydrogens (tertiary/aromatic N) is 1. The van der Waals surface area contributed by atoms with E-state index in [-0.39, 0.29) is 23.4 Å². The van der Waals surface area contributed by atoms with Gasteiger partial charge in [0.15, 0.2) is 0 Å². The predicted molar refractivity (Wildman–Crippen MR) is 133 cm³/mol. The molecule has 1 unspecified atom stereocenters. The number of anilines is 1. The highest BCUT2D eigenvalue weighted by molar-refractivity contribution is 7.89. The number of rotatable bonds is 8. The van der Waals surface area contributed by atoms with E-state index < -0.39 is 10.0 Å². The summed E-state index contributed by atoms with van der Waals surface area (Å²) in [5.41, 5.74) is 2.42. The zero-order valence-electron chi connectivity index (χ0n) is 18.7. The van der Waals surface area contributed by atoms with Gasteiger partial charge in [0.1, 0.15) is 0 Å². The highest BCUT2D eigenvalue weighted by Gasteiger charge is 2.26. The molecule has 0 bridgehead atoms. The Hall–Kier alpha value is -2.52. The van der Waals surface area contributed by atoms with Crippen LogP contribution in [0, 0.1) is 6.92 Å². The van der Waals surface area contributed by atoms with Crippen LogP contribution in [-0.2, 0) is 14.8 Å². The van der Waals surface area contributed by atoms with Crippen molar-refractivity contribution in [2.24, 2.45) is 0 Å². The third kappa shape index (κ3) is 5.70. The van der Waals surface area contributed by atoms with Crippen molar-refractivity contribution in [1.29, 1.82) is 0 Å². The van der Waals surface area contributed by atoms with Gasteiger partial charge in [-0.15, -0.1) is 11.3 Å². The number of benzene rings is 2. The molecule has 8 heteroatoms. The molecule has 2 N–H and O–H groups in total. The Bertz CT molecular complexity index is 1170. The molecule has 4 rings (SSSR count). The first-order valence-electron chi connectivity index (χ1n) is 11.2. The first-order valence-corrected chi connectivity index (χ1v) is 13.5. The summed E-state index contributed by atoms with van der Waals surface area (Å²) in [6.07, 6.45) is 2.82. The van der Waals surface area contributed by atoms with Crippen molar-refractivity contribution >= 4 is 33.0 Å². The summed E-state index contributed by atoms with van der Waals surface area (Å²) < 4.78 is 27.6. The summed E-state index contributed by atoms with van der Waals surface area (Å²) in [4.78, 5) is 14.1. The van der Waals surface area contributed by atoms with E-state index in [0.29, 0.717) is 18.8 Å². The highest BCUT2D eigenvalue weighted by Crippen LogP contribution is 2.27. The smallest absolute Gasteiger partial charge is 0.243 e. The van der Waals surface area contributed by atoms with Crippen LogP contribution in [0.5, 0.6) is 0 Å². The first-order chi connectivity index (χ1) is 15.9. The lowest BCUT2D eigenvalue weighted by Gasteiger charge is -2.26. The molecule has 174 valence electrons. The molecular weight excluding hydrogens is 454 g/mol. The molecule has 1 saturated heterocycles. The van der Waals surface area contributed by atoms with Gasteiger partial charge in [-0.3, -0.25) is 10.1 Å². The molecule has 1 aliphatic rings. The maximum atomic E-state index is 13.0.